The predicted molar refractivity (Wildman–Crippen MR) is 82.4 cm³/mol. The van der Waals surface area contributed by atoms with Crippen LogP contribution in [0.3, 0.4) is 0 Å². The van der Waals surface area contributed by atoms with Crippen LogP contribution in [0.4, 0.5) is 0 Å². The van der Waals surface area contributed by atoms with Crippen LogP contribution in [0.5, 0.6) is 0 Å². The van der Waals surface area contributed by atoms with Crippen molar-refractivity contribution in [1.29, 1.82) is 0 Å². The molecule has 1 N–H and O–H groups in total. The molecule has 0 radical (unpaired) electrons. The highest BCUT2D eigenvalue weighted by Gasteiger charge is 2.25. The number of hydrogen-bond acceptors (Lipinski definition) is 2. The summed E-state index contributed by atoms with van der Waals surface area (Å²) in [6.45, 7) is 12.4. The average molecular weight is 265 g/mol. The van der Waals surface area contributed by atoms with E-state index in [4.69, 9.17) is 5.10 Å². The van der Waals surface area contributed by atoms with Crippen LogP contribution in [0.15, 0.2) is 12.3 Å². The Labute approximate surface area is 118 Å². The second-order valence-electron chi connectivity index (χ2n) is 6.58. The Hall–Kier alpha value is -0.830. The van der Waals surface area contributed by atoms with Gasteiger partial charge in [0.05, 0.1) is 11.7 Å². The van der Waals surface area contributed by atoms with Crippen molar-refractivity contribution in [2.75, 3.05) is 13.6 Å². The molecule has 110 valence electrons. The molecule has 0 aliphatic carbocycles. The molecule has 1 aromatic heterocycles. The number of nitrogens with zero attached hydrogens (tertiary/aromatic N) is 2. The fourth-order valence-electron chi connectivity index (χ4n) is 2.54. The first kappa shape index (κ1) is 16.2. The van der Waals surface area contributed by atoms with Gasteiger partial charge in [0, 0.05) is 6.20 Å². The lowest BCUT2D eigenvalue weighted by Gasteiger charge is -2.30. The molecule has 0 fully saturated rings. The van der Waals surface area contributed by atoms with Crippen molar-refractivity contribution in [2.24, 2.45) is 11.3 Å². The molecule has 0 amide bonds. The van der Waals surface area contributed by atoms with E-state index in [1.807, 2.05) is 7.05 Å². The highest BCUT2D eigenvalue weighted by Crippen LogP contribution is 2.28. The van der Waals surface area contributed by atoms with E-state index in [1.54, 1.807) is 0 Å². The molecule has 1 heterocycles. The number of nitrogens with one attached hydrogen (secondary N) is 1. The summed E-state index contributed by atoms with van der Waals surface area (Å²) in [6, 6.07) is 2.73. The Morgan fingerprint density at radius 2 is 1.89 bits per heavy atom. The second-order valence-corrected chi connectivity index (χ2v) is 6.58. The summed E-state index contributed by atoms with van der Waals surface area (Å²) in [7, 11) is 2.03. The third-order valence-corrected chi connectivity index (χ3v) is 4.11. The van der Waals surface area contributed by atoms with Gasteiger partial charge in [0.25, 0.3) is 0 Å². The standard InChI is InChI=1S/C16H31N3/c1-7-15(8-2)19-10-9-14(18-19)11-13(12-17-6)16(3,4)5/h9-10,13,15,17H,7-8,11-12H2,1-6H3. The van der Waals surface area contributed by atoms with Crippen LogP contribution < -0.4 is 5.32 Å². The van der Waals surface area contributed by atoms with Crippen molar-refractivity contribution in [3.63, 3.8) is 0 Å². The average Bonchev–Trinajstić information content (AvgIpc) is 2.78. The van der Waals surface area contributed by atoms with Crippen LogP contribution in [-0.2, 0) is 6.42 Å². The molecule has 1 rings (SSSR count). The molecule has 0 aliphatic rings. The van der Waals surface area contributed by atoms with E-state index in [0.29, 0.717) is 17.4 Å². The fraction of sp³-hybridized carbons (Fsp3) is 0.812. The van der Waals surface area contributed by atoms with E-state index in [9.17, 15) is 0 Å². The summed E-state index contributed by atoms with van der Waals surface area (Å²) in [5, 5.41) is 8.09. The van der Waals surface area contributed by atoms with Crippen LogP contribution in [0.25, 0.3) is 0 Å². The van der Waals surface area contributed by atoms with E-state index in [1.165, 1.54) is 5.69 Å². The van der Waals surface area contributed by atoms with Crippen molar-refractivity contribution in [1.82, 2.24) is 15.1 Å². The molecule has 1 unspecified atom stereocenters. The topological polar surface area (TPSA) is 29.9 Å². The first-order valence-electron chi connectivity index (χ1n) is 7.61. The van der Waals surface area contributed by atoms with Crippen LogP contribution in [0, 0.1) is 11.3 Å². The zero-order valence-corrected chi connectivity index (χ0v) is 13.5. The minimum Gasteiger partial charge on any atom is -0.319 e. The zero-order chi connectivity index (χ0) is 14.5. The Bertz CT molecular complexity index is 358. The minimum atomic E-state index is 0.307. The first-order valence-corrected chi connectivity index (χ1v) is 7.61. The SMILES string of the molecule is CCC(CC)n1ccc(CC(CNC)C(C)(C)C)n1. The van der Waals surface area contributed by atoms with Crippen LogP contribution >= 0.6 is 0 Å². The largest absolute Gasteiger partial charge is 0.319 e. The van der Waals surface area contributed by atoms with Crippen molar-refractivity contribution >= 4 is 0 Å². The molecule has 0 aliphatic heterocycles. The van der Waals surface area contributed by atoms with Gasteiger partial charge in [-0.1, -0.05) is 34.6 Å². The van der Waals surface area contributed by atoms with Crippen LogP contribution in [-0.4, -0.2) is 23.4 Å². The number of rotatable bonds is 7. The van der Waals surface area contributed by atoms with Crippen LogP contribution in [0.2, 0.25) is 0 Å². The summed E-state index contributed by atoms with van der Waals surface area (Å²) in [5.41, 5.74) is 1.53. The van der Waals surface area contributed by atoms with Crippen molar-refractivity contribution in [2.45, 2.75) is 59.9 Å². The number of aromatic nitrogens is 2. The van der Waals surface area contributed by atoms with Crippen LogP contribution in [0.1, 0.15) is 59.2 Å². The Balaban J connectivity index is 2.75. The Kier molecular flexibility index (Phi) is 6.05. The van der Waals surface area contributed by atoms with Gasteiger partial charge in [0.2, 0.25) is 0 Å². The van der Waals surface area contributed by atoms with E-state index in [-0.39, 0.29) is 0 Å². The second kappa shape index (κ2) is 7.09. The molecule has 1 atom stereocenters. The van der Waals surface area contributed by atoms with Gasteiger partial charge in [-0.2, -0.15) is 5.10 Å². The van der Waals surface area contributed by atoms with E-state index >= 15 is 0 Å². The zero-order valence-electron chi connectivity index (χ0n) is 13.5. The molecule has 1 aromatic rings. The van der Waals surface area contributed by atoms with Gasteiger partial charge in [-0.25, -0.2) is 0 Å². The maximum absolute atomic E-state index is 4.78. The van der Waals surface area contributed by atoms with Gasteiger partial charge in [0.1, 0.15) is 0 Å². The lowest BCUT2D eigenvalue weighted by Crippen LogP contribution is -2.32. The maximum Gasteiger partial charge on any atom is 0.0628 e. The molecular weight excluding hydrogens is 234 g/mol. The normalized spacial score (nSPS) is 14.1. The number of hydrogen-bond donors (Lipinski definition) is 1. The van der Waals surface area contributed by atoms with Gasteiger partial charge in [-0.3, -0.25) is 4.68 Å². The lowest BCUT2D eigenvalue weighted by molar-refractivity contribution is 0.232. The van der Waals surface area contributed by atoms with E-state index in [0.717, 1.165) is 25.8 Å². The quantitative estimate of drug-likeness (QED) is 0.815. The summed E-state index contributed by atoms with van der Waals surface area (Å²) < 4.78 is 2.15. The predicted octanol–water partition coefficient (Wildman–Crippen LogP) is 3.67. The van der Waals surface area contributed by atoms with Crippen molar-refractivity contribution in [3.05, 3.63) is 18.0 Å². The Morgan fingerprint density at radius 1 is 1.26 bits per heavy atom. The van der Waals surface area contributed by atoms with Crippen molar-refractivity contribution < 1.29 is 0 Å². The molecule has 0 saturated heterocycles. The molecular formula is C16H31N3. The highest BCUT2D eigenvalue weighted by molar-refractivity contribution is 5.02. The monoisotopic (exact) mass is 265 g/mol. The van der Waals surface area contributed by atoms with Gasteiger partial charge in [0.15, 0.2) is 0 Å². The fourth-order valence-corrected chi connectivity index (χ4v) is 2.54. The third-order valence-electron chi connectivity index (χ3n) is 4.11. The molecule has 0 spiro atoms. The van der Waals surface area contributed by atoms with Gasteiger partial charge < -0.3 is 5.32 Å². The van der Waals surface area contributed by atoms with Gasteiger partial charge in [-0.15, -0.1) is 0 Å². The first-order chi connectivity index (χ1) is 8.92. The molecule has 0 saturated carbocycles. The molecule has 3 heteroatoms. The third kappa shape index (κ3) is 4.64. The van der Waals surface area contributed by atoms with E-state index < -0.39 is 0 Å². The van der Waals surface area contributed by atoms with E-state index in [2.05, 4.69) is 56.9 Å². The highest BCUT2D eigenvalue weighted by atomic mass is 15.3. The Morgan fingerprint density at radius 3 is 2.37 bits per heavy atom. The lowest BCUT2D eigenvalue weighted by atomic mass is 9.78. The summed E-state index contributed by atoms with van der Waals surface area (Å²) in [5.74, 6) is 0.613. The summed E-state index contributed by atoms with van der Waals surface area (Å²) >= 11 is 0. The van der Waals surface area contributed by atoms with Gasteiger partial charge >= 0.3 is 0 Å². The van der Waals surface area contributed by atoms with Gasteiger partial charge in [-0.05, 0) is 50.3 Å². The summed E-state index contributed by atoms with van der Waals surface area (Å²) in [6.07, 6.45) is 5.50. The summed E-state index contributed by atoms with van der Waals surface area (Å²) in [4.78, 5) is 0. The minimum absolute atomic E-state index is 0.307. The molecule has 0 bridgehead atoms. The maximum atomic E-state index is 4.78. The molecule has 0 aromatic carbocycles. The van der Waals surface area contributed by atoms with Crippen molar-refractivity contribution in [3.8, 4) is 0 Å². The smallest absolute Gasteiger partial charge is 0.0628 e. The molecule has 19 heavy (non-hydrogen) atoms. The molecule has 3 nitrogen and oxygen atoms in total.